The summed E-state index contributed by atoms with van der Waals surface area (Å²) in [5.74, 6) is 2.09. The molecule has 1 fully saturated rings. The average molecular weight is 384 g/mol. The number of benzene rings is 2. The number of nitrogens with zero attached hydrogens (tertiary/aromatic N) is 1. The maximum absolute atomic E-state index is 13.0. The number of nitrogens with one attached hydrogen (secondary N) is 1. The molecule has 4 rings (SSSR count). The van der Waals surface area contributed by atoms with Gasteiger partial charge in [0.1, 0.15) is 5.75 Å². The van der Waals surface area contributed by atoms with Gasteiger partial charge in [0.2, 0.25) is 12.7 Å². The molecule has 1 N–H and O–H groups in total. The van der Waals surface area contributed by atoms with E-state index in [0.717, 1.165) is 24.3 Å². The monoisotopic (exact) mass is 384 g/mol. The van der Waals surface area contributed by atoms with Crippen LogP contribution in [0.4, 0.5) is 5.69 Å². The third kappa shape index (κ3) is 3.63. The Morgan fingerprint density at radius 1 is 1.21 bits per heavy atom. The third-order valence-corrected chi connectivity index (χ3v) is 5.30. The number of ether oxygens (including phenoxy) is 4. The lowest BCUT2D eigenvalue weighted by molar-refractivity contribution is -0.136. The van der Waals surface area contributed by atoms with E-state index in [1.54, 1.807) is 13.2 Å². The molecule has 1 atom stereocenters. The van der Waals surface area contributed by atoms with Gasteiger partial charge >= 0.3 is 0 Å². The SMILES string of the molecule is COCOc1cccc(CN2CCC2(C)C(=O)Nc2ccc3c(c2)OCO3)c1. The molecular weight excluding hydrogens is 360 g/mol. The lowest BCUT2D eigenvalue weighted by Gasteiger charge is -2.49. The fourth-order valence-corrected chi connectivity index (χ4v) is 3.44. The van der Waals surface area contributed by atoms with E-state index in [1.807, 2.05) is 43.3 Å². The van der Waals surface area contributed by atoms with E-state index in [1.165, 1.54) is 0 Å². The molecule has 2 heterocycles. The van der Waals surface area contributed by atoms with Gasteiger partial charge in [0.25, 0.3) is 0 Å². The third-order valence-electron chi connectivity index (χ3n) is 5.30. The molecule has 1 unspecified atom stereocenters. The Morgan fingerprint density at radius 2 is 2.07 bits per heavy atom. The molecule has 7 heteroatoms. The highest BCUT2D eigenvalue weighted by Gasteiger charge is 2.46. The smallest absolute Gasteiger partial charge is 0.244 e. The molecule has 1 amide bonds. The van der Waals surface area contributed by atoms with Crippen LogP contribution in [0.15, 0.2) is 42.5 Å². The summed E-state index contributed by atoms with van der Waals surface area (Å²) in [5, 5.41) is 3.01. The van der Waals surface area contributed by atoms with E-state index in [-0.39, 0.29) is 19.5 Å². The Balaban J connectivity index is 1.41. The van der Waals surface area contributed by atoms with E-state index in [2.05, 4.69) is 10.2 Å². The first-order valence-corrected chi connectivity index (χ1v) is 9.25. The Labute approximate surface area is 164 Å². The minimum absolute atomic E-state index is 0.0237. The molecule has 0 radical (unpaired) electrons. The fourth-order valence-electron chi connectivity index (χ4n) is 3.44. The second-order valence-corrected chi connectivity index (χ2v) is 7.17. The van der Waals surface area contributed by atoms with Gasteiger partial charge in [-0.05, 0) is 43.2 Å². The summed E-state index contributed by atoms with van der Waals surface area (Å²) in [7, 11) is 1.59. The number of amides is 1. The number of carbonyl (C=O) groups is 1. The number of carbonyl (C=O) groups excluding carboxylic acids is 1. The van der Waals surface area contributed by atoms with Crippen molar-refractivity contribution in [1.82, 2.24) is 4.90 Å². The van der Waals surface area contributed by atoms with Crippen molar-refractivity contribution in [3.05, 3.63) is 48.0 Å². The highest BCUT2D eigenvalue weighted by Crippen LogP contribution is 2.36. The predicted octanol–water partition coefficient (Wildman–Crippen LogP) is 3.00. The number of fused-ring (bicyclic) bond motifs is 1. The second kappa shape index (κ2) is 7.69. The first-order valence-electron chi connectivity index (χ1n) is 9.25. The lowest BCUT2D eigenvalue weighted by atomic mass is 9.85. The Morgan fingerprint density at radius 3 is 2.86 bits per heavy atom. The molecule has 2 aromatic rings. The molecule has 2 aliphatic heterocycles. The maximum atomic E-state index is 13.0. The molecular formula is C21H24N2O5. The zero-order valence-corrected chi connectivity index (χ0v) is 16.1. The summed E-state index contributed by atoms with van der Waals surface area (Å²) in [5.41, 5.74) is 1.24. The average Bonchev–Trinajstić information content (AvgIpc) is 3.17. The van der Waals surface area contributed by atoms with E-state index in [0.29, 0.717) is 23.7 Å². The van der Waals surface area contributed by atoms with Crippen molar-refractivity contribution in [2.45, 2.75) is 25.4 Å². The minimum atomic E-state index is -0.556. The van der Waals surface area contributed by atoms with Crippen LogP contribution in [0.5, 0.6) is 17.2 Å². The zero-order valence-electron chi connectivity index (χ0n) is 16.1. The standard InChI is InChI=1S/C21H24N2O5/c1-21(20(24)22-16-6-7-18-19(11-16)28-14-27-18)8-9-23(21)12-15-4-3-5-17(10-15)26-13-25-2/h3-7,10-11H,8-9,12-14H2,1-2H3,(H,22,24). The number of hydrogen-bond donors (Lipinski definition) is 1. The van der Waals surface area contributed by atoms with Crippen LogP contribution in [-0.2, 0) is 16.1 Å². The number of rotatable bonds is 7. The Bertz CT molecular complexity index is 872. The van der Waals surface area contributed by atoms with Crippen molar-refractivity contribution in [3.8, 4) is 17.2 Å². The highest BCUT2D eigenvalue weighted by atomic mass is 16.7. The summed E-state index contributed by atoms with van der Waals surface area (Å²) in [6, 6.07) is 13.3. The summed E-state index contributed by atoms with van der Waals surface area (Å²) in [6.45, 7) is 3.95. The van der Waals surface area contributed by atoms with Crippen LogP contribution < -0.4 is 19.5 Å². The van der Waals surface area contributed by atoms with E-state index in [9.17, 15) is 4.79 Å². The van der Waals surface area contributed by atoms with Gasteiger partial charge < -0.3 is 24.3 Å². The summed E-state index contributed by atoms with van der Waals surface area (Å²) in [6.07, 6.45) is 0.809. The maximum Gasteiger partial charge on any atom is 0.244 e. The first kappa shape index (κ1) is 18.6. The Hall–Kier alpha value is -2.77. The topological polar surface area (TPSA) is 69.3 Å². The van der Waals surface area contributed by atoms with Crippen molar-refractivity contribution in [2.75, 3.05) is 32.6 Å². The van der Waals surface area contributed by atoms with Crippen LogP contribution in [0.1, 0.15) is 18.9 Å². The van der Waals surface area contributed by atoms with Crippen LogP contribution >= 0.6 is 0 Å². The van der Waals surface area contributed by atoms with Crippen LogP contribution in [0.25, 0.3) is 0 Å². The van der Waals surface area contributed by atoms with Gasteiger partial charge in [-0.2, -0.15) is 0 Å². The molecule has 2 aliphatic rings. The fraction of sp³-hybridized carbons (Fsp3) is 0.381. The molecule has 0 spiro atoms. The molecule has 0 saturated carbocycles. The van der Waals surface area contributed by atoms with Gasteiger partial charge in [-0.15, -0.1) is 0 Å². The molecule has 0 bridgehead atoms. The van der Waals surface area contributed by atoms with E-state index >= 15 is 0 Å². The van der Waals surface area contributed by atoms with Crippen LogP contribution in [0.2, 0.25) is 0 Å². The quantitative estimate of drug-likeness (QED) is 0.740. The predicted molar refractivity (Wildman–Crippen MR) is 104 cm³/mol. The number of methoxy groups -OCH3 is 1. The van der Waals surface area contributed by atoms with Crippen molar-refractivity contribution >= 4 is 11.6 Å². The number of likely N-dealkylation sites (tertiary alicyclic amines) is 1. The van der Waals surface area contributed by atoms with Crippen LogP contribution in [-0.4, -0.2) is 43.6 Å². The summed E-state index contributed by atoms with van der Waals surface area (Å²) in [4.78, 5) is 15.1. The molecule has 0 aromatic heterocycles. The zero-order chi connectivity index (χ0) is 19.6. The van der Waals surface area contributed by atoms with E-state index < -0.39 is 5.54 Å². The van der Waals surface area contributed by atoms with Gasteiger partial charge in [-0.25, -0.2) is 0 Å². The largest absolute Gasteiger partial charge is 0.468 e. The minimum Gasteiger partial charge on any atom is -0.468 e. The second-order valence-electron chi connectivity index (χ2n) is 7.17. The Kier molecular flexibility index (Phi) is 5.11. The van der Waals surface area contributed by atoms with Crippen molar-refractivity contribution < 1.29 is 23.7 Å². The van der Waals surface area contributed by atoms with Crippen LogP contribution in [0, 0.1) is 0 Å². The van der Waals surface area contributed by atoms with Crippen LogP contribution in [0.3, 0.4) is 0 Å². The first-order chi connectivity index (χ1) is 13.6. The number of anilines is 1. The summed E-state index contributed by atoms with van der Waals surface area (Å²) >= 11 is 0. The van der Waals surface area contributed by atoms with Gasteiger partial charge in [0.05, 0.1) is 5.54 Å². The van der Waals surface area contributed by atoms with Gasteiger partial charge in [-0.1, -0.05) is 12.1 Å². The van der Waals surface area contributed by atoms with Crippen molar-refractivity contribution in [2.24, 2.45) is 0 Å². The van der Waals surface area contributed by atoms with Gasteiger partial charge in [0.15, 0.2) is 18.3 Å². The molecule has 2 aromatic carbocycles. The molecule has 7 nitrogen and oxygen atoms in total. The van der Waals surface area contributed by atoms with Crippen molar-refractivity contribution in [3.63, 3.8) is 0 Å². The lowest BCUT2D eigenvalue weighted by Crippen LogP contribution is -2.63. The van der Waals surface area contributed by atoms with Gasteiger partial charge in [-0.3, -0.25) is 9.69 Å². The van der Waals surface area contributed by atoms with Gasteiger partial charge in [0, 0.05) is 32.0 Å². The highest BCUT2D eigenvalue weighted by molar-refractivity contribution is 5.98. The number of hydrogen-bond acceptors (Lipinski definition) is 6. The van der Waals surface area contributed by atoms with Crippen molar-refractivity contribution in [1.29, 1.82) is 0 Å². The molecule has 1 saturated heterocycles. The molecule has 0 aliphatic carbocycles. The van der Waals surface area contributed by atoms with E-state index in [4.69, 9.17) is 18.9 Å². The summed E-state index contributed by atoms with van der Waals surface area (Å²) < 4.78 is 21.1. The molecule has 28 heavy (non-hydrogen) atoms. The normalized spacial score (nSPS) is 20.5. The molecule has 148 valence electrons.